The fourth-order valence-electron chi connectivity index (χ4n) is 1.68. The van der Waals surface area contributed by atoms with Crippen LogP contribution in [0.25, 0.3) is 0 Å². The SMILES string of the molecule is C=C(C#N)C1=C(C(=C)OS(=O)(=O)C(F)(F)F)CCC1. The first kappa shape index (κ1) is 15.3. The molecule has 0 saturated carbocycles. The lowest BCUT2D eigenvalue weighted by Crippen LogP contribution is -2.25. The van der Waals surface area contributed by atoms with Crippen LogP contribution in [0.2, 0.25) is 0 Å². The van der Waals surface area contributed by atoms with Crippen LogP contribution in [-0.2, 0) is 14.3 Å². The first-order chi connectivity index (χ1) is 8.60. The van der Waals surface area contributed by atoms with E-state index >= 15 is 0 Å². The Balaban J connectivity index is 3.04. The minimum Gasteiger partial charge on any atom is -0.376 e. The molecule has 0 spiro atoms. The summed E-state index contributed by atoms with van der Waals surface area (Å²) in [4.78, 5) is 0. The van der Waals surface area contributed by atoms with E-state index in [1.807, 2.05) is 0 Å². The van der Waals surface area contributed by atoms with E-state index < -0.39 is 21.4 Å². The minimum absolute atomic E-state index is 0.0710. The Morgan fingerprint density at radius 2 is 1.79 bits per heavy atom. The van der Waals surface area contributed by atoms with Gasteiger partial charge >= 0.3 is 15.6 Å². The molecule has 0 atom stereocenters. The second-order valence-electron chi connectivity index (χ2n) is 3.81. The van der Waals surface area contributed by atoms with E-state index in [2.05, 4.69) is 17.3 Å². The summed E-state index contributed by atoms with van der Waals surface area (Å²) in [7, 11) is -5.74. The molecule has 0 aliphatic heterocycles. The van der Waals surface area contributed by atoms with Crippen LogP contribution in [0, 0.1) is 11.3 Å². The van der Waals surface area contributed by atoms with Gasteiger partial charge in [-0.3, -0.25) is 0 Å². The first-order valence-electron chi connectivity index (χ1n) is 5.11. The van der Waals surface area contributed by atoms with Gasteiger partial charge < -0.3 is 4.18 Å². The standard InChI is InChI=1S/C11H10F3NO3S/c1-7(6-15)9-4-3-5-10(9)8(2)18-19(16,17)11(12,13)14/h1-5H2. The zero-order valence-corrected chi connectivity index (χ0v) is 10.6. The summed E-state index contributed by atoms with van der Waals surface area (Å²) in [6.07, 6.45) is 1.29. The molecule has 0 heterocycles. The molecule has 0 amide bonds. The molecule has 1 rings (SSSR count). The molecule has 4 nitrogen and oxygen atoms in total. The number of hydrogen-bond acceptors (Lipinski definition) is 4. The van der Waals surface area contributed by atoms with Crippen molar-refractivity contribution in [2.45, 2.75) is 24.8 Å². The Labute approximate surface area is 108 Å². The third-order valence-electron chi connectivity index (χ3n) is 2.55. The fourth-order valence-corrected chi connectivity index (χ4v) is 2.14. The number of alkyl halides is 3. The van der Waals surface area contributed by atoms with E-state index in [0.717, 1.165) is 0 Å². The van der Waals surface area contributed by atoms with Crippen molar-refractivity contribution in [2.24, 2.45) is 0 Å². The van der Waals surface area contributed by atoms with Crippen molar-refractivity contribution in [3.8, 4) is 6.07 Å². The zero-order chi connectivity index (χ0) is 14.8. The van der Waals surface area contributed by atoms with E-state index in [0.29, 0.717) is 24.8 Å². The molecule has 0 N–H and O–H groups in total. The predicted molar refractivity (Wildman–Crippen MR) is 60.8 cm³/mol. The van der Waals surface area contributed by atoms with Gasteiger partial charge in [0.05, 0.1) is 6.07 Å². The Morgan fingerprint density at radius 1 is 1.26 bits per heavy atom. The second-order valence-corrected chi connectivity index (χ2v) is 5.35. The van der Waals surface area contributed by atoms with E-state index in [1.165, 1.54) is 0 Å². The molecule has 0 bridgehead atoms. The molecule has 1 aliphatic carbocycles. The monoisotopic (exact) mass is 293 g/mol. The number of nitrogens with zero attached hydrogens (tertiary/aromatic N) is 1. The minimum atomic E-state index is -5.74. The number of hydrogen-bond donors (Lipinski definition) is 0. The van der Waals surface area contributed by atoms with Crippen molar-refractivity contribution < 1.29 is 25.8 Å². The highest BCUT2D eigenvalue weighted by Gasteiger charge is 2.49. The van der Waals surface area contributed by atoms with Crippen LogP contribution in [0.3, 0.4) is 0 Å². The largest absolute Gasteiger partial charge is 0.534 e. The van der Waals surface area contributed by atoms with E-state index in [9.17, 15) is 21.6 Å². The van der Waals surface area contributed by atoms with Crippen LogP contribution in [0.5, 0.6) is 0 Å². The Bertz CT molecular complexity index is 594. The maximum absolute atomic E-state index is 12.2. The van der Waals surface area contributed by atoms with E-state index in [1.54, 1.807) is 6.07 Å². The molecule has 0 aromatic heterocycles. The molecule has 19 heavy (non-hydrogen) atoms. The summed E-state index contributed by atoms with van der Waals surface area (Å²) >= 11 is 0. The normalized spacial score (nSPS) is 16.1. The molecule has 1 aliphatic rings. The van der Waals surface area contributed by atoms with Gasteiger partial charge in [-0.05, 0) is 30.4 Å². The molecule has 0 saturated heterocycles. The molecule has 0 unspecified atom stereocenters. The summed E-state index contributed by atoms with van der Waals surface area (Å²) in [6.45, 7) is 6.64. The van der Waals surface area contributed by atoms with Crippen LogP contribution < -0.4 is 0 Å². The number of rotatable bonds is 4. The number of halogens is 3. The van der Waals surface area contributed by atoms with Gasteiger partial charge in [0.2, 0.25) is 0 Å². The third kappa shape index (κ3) is 3.17. The van der Waals surface area contributed by atoms with Crippen LogP contribution in [0.1, 0.15) is 19.3 Å². The van der Waals surface area contributed by atoms with Gasteiger partial charge in [0.1, 0.15) is 5.76 Å². The van der Waals surface area contributed by atoms with Crippen LogP contribution in [0.4, 0.5) is 13.2 Å². The Kier molecular flexibility index (Phi) is 4.10. The maximum Gasteiger partial charge on any atom is 0.534 e. The van der Waals surface area contributed by atoms with E-state index in [-0.39, 0.29) is 11.1 Å². The summed E-state index contributed by atoms with van der Waals surface area (Å²) < 4.78 is 62.1. The van der Waals surface area contributed by atoms with Gasteiger partial charge in [-0.15, -0.1) is 0 Å². The Hall–Kier alpha value is -1.75. The summed E-state index contributed by atoms with van der Waals surface area (Å²) in [5.41, 5.74) is -4.85. The van der Waals surface area contributed by atoms with Gasteiger partial charge in [-0.2, -0.15) is 26.9 Å². The molecular weight excluding hydrogens is 283 g/mol. The van der Waals surface area contributed by atoms with Crippen molar-refractivity contribution in [1.82, 2.24) is 0 Å². The molecule has 0 aromatic rings. The van der Waals surface area contributed by atoms with Crippen molar-refractivity contribution in [3.63, 3.8) is 0 Å². The lowest BCUT2D eigenvalue weighted by atomic mass is 10.0. The average molecular weight is 293 g/mol. The van der Waals surface area contributed by atoms with Gasteiger partial charge in [-0.1, -0.05) is 13.2 Å². The molecular formula is C11H10F3NO3S. The lowest BCUT2D eigenvalue weighted by Gasteiger charge is -2.13. The third-order valence-corrected chi connectivity index (χ3v) is 3.53. The summed E-state index contributed by atoms with van der Waals surface area (Å²) in [5, 5.41) is 8.70. The summed E-state index contributed by atoms with van der Waals surface area (Å²) in [6, 6.07) is 1.76. The average Bonchev–Trinajstić information content (AvgIpc) is 2.74. The highest BCUT2D eigenvalue weighted by Crippen LogP contribution is 2.37. The number of allylic oxidation sites excluding steroid dienone is 3. The first-order valence-corrected chi connectivity index (χ1v) is 6.52. The quantitative estimate of drug-likeness (QED) is 0.346. The highest BCUT2D eigenvalue weighted by molar-refractivity contribution is 7.87. The topological polar surface area (TPSA) is 67.2 Å². The summed E-state index contributed by atoms with van der Waals surface area (Å²) in [5.74, 6) is -0.610. The zero-order valence-electron chi connectivity index (χ0n) is 9.75. The molecule has 8 heteroatoms. The Morgan fingerprint density at radius 3 is 2.26 bits per heavy atom. The maximum atomic E-state index is 12.2. The van der Waals surface area contributed by atoms with E-state index in [4.69, 9.17) is 5.26 Å². The van der Waals surface area contributed by atoms with Crippen LogP contribution in [0.15, 0.2) is 35.6 Å². The van der Waals surface area contributed by atoms with Crippen molar-refractivity contribution >= 4 is 10.1 Å². The number of nitriles is 1. The molecule has 104 valence electrons. The fraction of sp³-hybridized carbons (Fsp3) is 0.364. The van der Waals surface area contributed by atoms with Crippen LogP contribution in [-0.4, -0.2) is 13.9 Å². The van der Waals surface area contributed by atoms with Gasteiger partial charge in [-0.25, -0.2) is 0 Å². The van der Waals surface area contributed by atoms with Crippen molar-refractivity contribution in [1.29, 1.82) is 5.26 Å². The predicted octanol–water partition coefficient (Wildman–Crippen LogP) is 2.93. The van der Waals surface area contributed by atoms with Gasteiger partial charge in [0.25, 0.3) is 0 Å². The molecule has 0 fully saturated rings. The second kappa shape index (κ2) is 5.09. The van der Waals surface area contributed by atoms with Gasteiger partial charge in [0, 0.05) is 5.57 Å². The van der Waals surface area contributed by atoms with Crippen molar-refractivity contribution in [2.75, 3.05) is 0 Å². The van der Waals surface area contributed by atoms with Crippen LogP contribution >= 0.6 is 0 Å². The molecule has 0 aromatic carbocycles. The highest BCUT2D eigenvalue weighted by atomic mass is 32.2. The lowest BCUT2D eigenvalue weighted by molar-refractivity contribution is -0.0520. The molecule has 0 radical (unpaired) electrons. The van der Waals surface area contributed by atoms with Gasteiger partial charge in [0.15, 0.2) is 0 Å². The van der Waals surface area contributed by atoms with Crippen molar-refractivity contribution in [3.05, 3.63) is 35.6 Å². The smallest absolute Gasteiger partial charge is 0.376 e.